The molecule has 0 aliphatic carbocycles. The van der Waals surface area contributed by atoms with E-state index in [2.05, 4.69) is 15.9 Å². The predicted molar refractivity (Wildman–Crippen MR) is 72.3 cm³/mol. The van der Waals surface area contributed by atoms with E-state index in [1.165, 1.54) is 18.9 Å². The minimum atomic E-state index is -0.994. The lowest BCUT2D eigenvalue weighted by Crippen LogP contribution is -2.40. The average Bonchev–Trinajstić information content (AvgIpc) is 2.35. The lowest BCUT2D eigenvalue weighted by molar-refractivity contribution is -0.148. The molecule has 0 saturated heterocycles. The van der Waals surface area contributed by atoms with Crippen LogP contribution in [0.4, 0.5) is 0 Å². The molecule has 0 radical (unpaired) electrons. The molecule has 0 aliphatic heterocycles. The van der Waals surface area contributed by atoms with Crippen molar-refractivity contribution in [1.82, 2.24) is 4.90 Å². The number of carboxylic acids is 1. The maximum atomic E-state index is 11.8. The fourth-order valence-corrected chi connectivity index (χ4v) is 1.98. The normalized spacial score (nSPS) is 11.9. The molecule has 4 nitrogen and oxygen atoms in total. The monoisotopic (exact) mass is 313 g/mol. The first kappa shape index (κ1) is 14.7. The molecule has 1 unspecified atom stereocenters. The molecule has 18 heavy (non-hydrogen) atoms. The van der Waals surface area contributed by atoms with Gasteiger partial charge in [0.25, 0.3) is 0 Å². The lowest BCUT2D eigenvalue weighted by Gasteiger charge is -2.21. The average molecular weight is 314 g/mol. The van der Waals surface area contributed by atoms with Crippen LogP contribution in [-0.2, 0) is 16.0 Å². The van der Waals surface area contributed by atoms with Crippen molar-refractivity contribution in [2.45, 2.75) is 25.8 Å². The highest BCUT2D eigenvalue weighted by molar-refractivity contribution is 9.10. The van der Waals surface area contributed by atoms with Gasteiger partial charge in [0.05, 0.1) is 0 Å². The van der Waals surface area contributed by atoms with E-state index in [-0.39, 0.29) is 5.91 Å². The molecular weight excluding hydrogens is 298 g/mol. The summed E-state index contributed by atoms with van der Waals surface area (Å²) in [5, 5.41) is 8.83. The summed E-state index contributed by atoms with van der Waals surface area (Å²) in [6, 6.07) is 6.89. The first-order valence-corrected chi connectivity index (χ1v) is 6.44. The number of amides is 1. The molecule has 1 N–H and O–H groups in total. The summed E-state index contributed by atoms with van der Waals surface area (Å²) >= 11 is 3.42. The number of aliphatic carboxylic acids is 1. The van der Waals surface area contributed by atoms with Gasteiger partial charge in [0, 0.05) is 17.9 Å². The number of carbonyl (C=O) groups is 2. The number of rotatable bonds is 5. The Labute approximate surface area is 115 Å². The van der Waals surface area contributed by atoms with E-state index in [0.29, 0.717) is 12.8 Å². The molecular formula is C13H16BrNO3. The van der Waals surface area contributed by atoms with Gasteiger partial charge in [-0.05, 0) is 25.0 Å². The van der Waals surface area contributed by atoms with E-state index in [1.54, 1.807) is 0 Å². The number of benzene rings is 1. The summed E-state index contributed by atoms with van der Waals surface area (Å²) in [6.07, 6.45) is 0.896. The van der Waals surface area contributed by atoms with E-state index in [1.807, 2.05) is 24.3 Å². The molecule has 1 aromatic carbocycles. The van der Waals surface area contributed by atoms with E-state index in [9.17, 15) is 9.59 Å². The van der Waals surface area contributed by atoms with Crippen molar-refractivity contribution in [1.29, 1.82) is 0 Å². The Balaban J connectivity index is 2.56. The largest absolute Gasteiger partial charge is 0.480 e. The van der Waals surface area contributed by atoms with Gasteiger partial charge in [0.2, 0.25) is 5.91 Å². The Hall–Kier alpha value is -1.36. The number of nitrogens with zero attached hydrogens (tertiary/aromatic N) is 1. The van der Waals surface area contributed by atoms with Gasteiger partial charge in [-0.3, -0.25) is 4.79 Å². The third-order valence-corrected chi connectivity index (χ3v) is 3.67. The molecule has 0 aromatic heterocycles. The summed E-state index contributed by atoms with van der Waals surface area (Å²) < 4.78 is 0.965. The maximum absolute atomic E-state index is 11.8. The number of halogens is 1. The Bertz CT molecular complexity index is 448. The molecule has 0 saturated carbocycles. The summed E-state index contributed by atoms with van der Waals surface area (Å²) in [4.78, 5) is 23.9. The minimum absolute atomic E-state index is 0.166. The predicted octanol–water partition coefficient (Wildman–Crippen LogP) is 2.31. The van der Waals surface area contributed by atoms with E-state index in [0.717, 1.165) is 10.0 Å². The summed E-state index contributed by atoms with van der Waals surface area (Å²) in [5.41, 5.74) is 1.04. The number of aryl methyl sites for hydroxylation is 1. The Morgan fingerprint density at radius 3 is 2.56 bits per heavy atom. The molecule has 1 amide bonds. The highest BCUT2D eigenvalue weighted by Gasteiger charge is 2.21. The van der Waals surface area contributed by atoms with Crippen LogP contribution in [-0.4, -0.2) is 35.0 Å². The van der Waals surface area contributed by atoms with Crippen LogP contribution in [0, 0.1) is 0 Å². The van der Waals surface area contributed by atoms with Crippen LogP contribution < -0.4 is 0 Å². The fraction of sp³-hybridized carbons (Fsp3) is 0.385. The van der Waals surface area contributed by atoms with E-state index in [4.69, 9.17) is 5.11 Å². The molecule has 0 aliphatic rings. The third-order valence-electron chi connectivity index (χ3n) is 2.90. The second kappa shape index (κ2) is 6.54. The first-order chi connectivity index (χ1) is 8.43. The highest BCUT2D eigenvalue weighted by Crippen LogP contribution is 2.17. The maximum Gasteiger partial charge on any atom is 0.326 e. The molecule has 0 heterocycles. The molecule has 98 valence electrons. The SMILES string of the molecule is CC(C(=O)O)N(C)C(=O)CCc1ccccc1Br. The van der Waals surface area contributed by atoms with Gasteiger partial charge in [-0.25, -0.2) is 4.79 Å². The Morgan fingerprint density at radius 2 is 2.00 bits per heavy atom. The van der Waals surface area contributed by atoms with Crippen molar-refractivity contribution in [3.63, 3.8) is 0 Å². The quantitative estimate of drug-likeness (QED) is 0.907. The van der Waals surface area contributed by atoms with Crippen molar-refractivity contribution in [3.8, 4) is 0 Å². The van der Waals surface area contributed by atoms with Crippen molar-refractivity contribution < 1.29 is 14.7 Å². The smallest absolute Gasteiger partial charge is 0.326 e. The number of carbonyl (C=O) groups excluding carboxylic acids is 1. The number of carboxylic acid groups (broad SMARTS) is 1. The molecule has 0 fully saturated rings. The highest BCUT2D eigenvalue weighted by atomic mass is 79.9. The van der Waals surface area contributed by atoms with Crippen LogP contribution in [0.25, 0.3) is 0 Å². The third kappa shape index (κ3) is 3.84. The zero-order valence-corrected chi connectivity index (χ0v) is 12.0. The van der Waals surface area contributed by atoms with Crippen LogP contribution >= 0.6 is 15.9 Å². The van der Waals surface area contributed by atoms with Crippen molar-refractivity contribution >= 4 is 27.8 Å². The summed E-state index contributed by atoms with van der Waals surface area (Å²) in [7, 11) is 1.52. The van der Waals surface area contributed by atoms with Gasteiger partial charge < -0.3 is 10.0 Å². The first-order valence-electron chi connectivity index (χ1n) is 5.65. The van der Waals surface area contributed by atoms with E-state index < -0.39 is 12.0 Å². The van der Waals surface area contributed by atoms with E-state index >= 15 is 0 Å². The van der Waals surface area contributed by atoms with Crippen LogP contribution in [0.15, 0.2) is 28.7 Å². The van der Waals surface area contributed by atoms with Gasteiger partial charge >= 0.3 is 5.97 Å². The van der Waals surface area contributed by atoms with Crippen LogP contribution in [0.1, 0.15) is 18.9 Å². The summed E-state index contributed by atoms with van der Waals surface area (Å²) in [5.74, 6) is -1.16. The molecule has 0 spiro atoms. The van der Waals surface area contributed by atoms with Crippen molar-refractivity contribution in [2.24, 2.45) is 0 Å². The van der Waals surface area contributed by atoms with Gasteiger partial charge in [-0.2, -0.15) is 0 Å². The van der Waals surface area contributed by atoms with Gasteiger partial charge in [0.1, 0.15) is 6.04 Å². The standard InChI is InChI=1S/C13H16BrNO3/c1-9(13(17)18)15(2)12(16)8-7-10-5-3-4-6-11(10)14/h3-6,9H,7-8H2,1-2H3,(H,17,18). The Morgan fingerprint density at radius 1 is 1.39 bits per heavy atom. The minimum Gasteiger partial charge on any atom is -0.480 e. The van der Waals surface area contributed by atoms with Crippen LogP contribution in [0.3, 0.4) is 0 Å². The second-order valence-electron chi connectivity index (χ2n) is 4.11. The van der Waals surface area contributed by atoms with Gasteiger partial charge in [-0.1, -0.05) is 34.1 Å². The number of likely N-dealkylation sites (N-methyl/N-ethyl adjacent to an activating group) is 1. The van der Waals surface area contributed by atoms with Gasteiger partial charge in [-0.15, -0.1) is 0 Å². The summed E-state index contributed by atoms with van der Waals surface area (Å²) in [6.45, 7) is 1.50. The molecule has 1 atom stereocenters. The topological polar surface area (TPSA) is 57.6 Å². The Kier molecular flexibility index (Phi) is 5.34. The zero-order chi connectivity index (χ0) is 13.7. The number of hydrogen-bond acceptors (Lipinski definition) is 2. The van der Waals surface area contributed by atoms with Crippen LogP contribution in [0.5, 0.6) is 0 Å². The van der Waals surface area contributed by atoms with Crippen molar-refractivity contribution in [2.75, 3.05) is 7.05 Å². The second-order valence-corrected chi connectivity index (χ2v) is 4.96. The van der Waals surface area contributed by atoms with Crippen molar-refractivity contribution in [3.05, 3.63) is 34.3 Å². The molecule has 0 bridgehead atoms. The fourth-order valence-electron chi connectivity index (χ4n) is 1.50. The lowest BCUT2D eigenvalue weighted by atomic mass is 10.1. The molecule has 5 heteroatoms. The van der Waals surface area contributed by atoms with Crippen LogP contribution in [0.2, 0.25) is 0 Å². The molecule has 1 aromatic rings. The number of hydrogen-bond donors (Lipinski definition) is 1. The van der Waals surface area contributed by atoms with Gasteiger partial charge in [0.15, 0.2) is 0 Å². The zero-order valence-electron chi connectivity index (χ0n) is 10.4. The molecule has 1 rings (SSSR count).